The number of carbonyl (C=O) groups excluding carboxylic acids is 1. The summed E-state index contributed by atoms with van der Waals surface area (Å²) >= 11 is 0. The molecular formula is C15H17N5O2. The molecule has 7 heteroatoms. The lowest BCUT2D eigenvalue weighted by molar-refractivity contribution is 0.00810. The number of amides is 1. The number of fused-ring (bicyclic) bond motifs is 1. The number of ether oxygens (including phenoxy) is 1. The van der Waals surface area contributed by atoms with Crippen LogP contribution in [0.15, 0.2) is 24.3 Å². The van der Waals surface area contributed by atoms with Crippen LogP contribution < -0.4 is 5.32 Å². The molecule has 2 heterocycles. The van der Waals surface area contributed by atoms with E-state index in [-0.39, 0.29) is 11.9 Å². The molecule has 1 aliphatic heterocycles. The Bertz CT molecular complexity index is 713. The summed E-state index contributed by atoms with van der Waals surface area (Å²) in [5.41, 5.74) is 1.40. The van der Waals surface area contributed by atoms with Crippen molar-refractivity contribution in [1.29, 1.82) is 0 Å². The van der Waals surface area contributed by atoms with Gasteiger partial charge < -0.3 is 10.1 Å². The lowest BCUT2D eigenvalue weighted by Gasteiger charge is -2.39. The summed E-state index contributed by atoms with van der Waals surface area (Å²) in [5, 5.41) is 14.5. The van der Waals surface area contributed by atoms with Crippen LogP contribution in [-0.4, -0.2) is 44.9 Å². The van der Waals surface area contributed by atoms with Gasteiger partial charge in [0.1, 0.15) is 0 Å². The number of tetrazole rings is 1. The largest absolute Gasteiger partial charge is 0.378 e. The highest BCUT2D eigenvalue weighted by Gasteiger charge is 2.45. The van der Waals surface area contributed by atoms with Crippen LogP contribution in [0.4, 0.5) is 0 Å². The van der Waals surface area contributed by atoms with Crippen molar-refractivity contribution >= 4 is 5.91 Å². The number of hydrogen-bond donors (Lipinski definition) is 1. The molecule has 0 bridgehead atoms. The Kier molecular flexibility index (Phi) is 3.15. The Hall–Kier alpha value is -2.28. The first-order chi connectivity index (χ1) is 10.7. The molecule has 114 valence electrons. The van der Waals surface area contributed by atoms with Crippen LogP contribution in [-0.2, 0) is 4.74 Å². The standard InChI is InChI=1S/C15H17N5O2/c1-9-17-18-19-20(9)11-4-2-3-10(7-11)15(21)16-13-8-14-12(13)5-6-22-14/h2-4,7,12-14H,5-6,8H2,1H3,(H,16,21)/t12-,13+,14+/m1/s1. The van der Waals surface area contributed by atoms with Gasteiger partial charge in [-0.3, -0.25) is 4.79 Å². The molecule has 1 aromatic carbocycles. The third-order valence-electron chi connectivity index (χ3n) is 4.56. The highest BCUT2D eigenvalue weighted by Crippen LogP contribution is 2.38. The summed E-state index contributed by atoms with van der Waals surface area (Å²) in [7, 11) is 0. The van der Waals surface area contributed by atoms with Gasteiger partial charge in [-0.15, -0.1) is 5.10 Å². The number of nitrogens with one attached hydrogen (secondary N) is 1. The van der Waals surface area contributed by atoms with Gasteiger partial charge in [0.05, 0.1) is 11.8 Å². The molecule has 7 nitrogen and oxygen atoms in total. The zero-order chi connectivity index (χ0) is 15.1. The zero-order valence-corrected chi connectivity index (χ0v) is 12.3. The molecule has 0 radical (unpaired) electrons. The van der Waals surface area contributed by atoms with Crippen LogP contribution in [0.25, 0.3) is 5.69 Å². The van der Waals surface area contributed by atoms with Crippen LogP contribution in [0, 0.1) is 12.8 Å². The Balaban J connectivity index is 1.50. The number of carbonyl (C=O) groups is 1. The highest BCUT2D eigenvalue weighted by molar-refractivity contribution is 5.95. The predicted octanol–water partition coefficient (Wildman–Crippen LogP) is 0.878. The summed E-state index contributed by atoms with van der Waals surface area (Å²) in [5.74, 6) is 1.11. The second-order valence-electron chi connectivity index (χ2n) is 5.87. The first kappa shape index (κ1) is 13.4. The summed E-state index contributed by atoms with van der Waals surface area (Å²) in [6.07, 6.45) is 2.31. The van der Waals surface area contributed by atoms with E-state index in [0.717, 1.165) is 25.1 Å². The molecule has 1 aromatic heterocycles. The lowest BCUT2D eigenvalue weighted by Crippen LogP contribution is -2.53. The highest BCUT2D eigenvalue weighted by atomic mass is 16.5. The van der Waals surface area contributed by atoms with E-state index >= 15 is 0 Å². The molecule has 0 unspecified atom stereocenters. The zero-order valence-electron chi connectivity index (χ0n) is 12.3. The van der Waals surface area contributed by atoms with Crippen molar-refractivity contribution in [3.63, 3.8) is 0 Å². The van der Waals surface area contributed by atoms with Crippen LogP contribution in [0.2, 0.25) is 0 Å². The van der Waals surface area contributed by atoms with Crippen molar-refractivity contribution in [3.8, 4) is 5.69 Å². The van der Waals surface area contributed by atoms with Crippen molar-refractivity contribution in [2.45, 2.75) is 31.9 Å². The van der Waals surface area contributed by atoms with Crippen molar-refractivity contribution in [2.75, 3.05) is 6.61 Å². The van der Waals surface area contributed by atoms with Gasteiger partial charge in [0.2, 0.25) is 0 Å². The predicted molar refractivity (Wildman–Crippen MR) is 77.6 cm³/mol. The molecule has 22 heavy (non-hydrogen) atoms. The van der Waals surface area contributed by atoms with E-state index in [1.165, 1.54) is 0 Å². The number of nitrogens with zero attached hydrogens (tertiary/aromatic N) is 4. The van der Waals surface area contributed by atoms with Gasteiger partial charge in [-0.05, 0) is 48.4 Å². The van der Waals surface area contributed by atoms with Crippen LogP contribution in [0.3, 0.4) is 0 Å². The van der Waals surface area contributed by atoms with Gasteiger partial charge >= 0.3 is 0 Å². The maximum absolute atomic E-state index is 12.4. The minimum Gasteiger partial charge on any atom is -0.378 e. The van der Waals surface area contributed by atoms with Crippen molar-refractivity contribution < 1.29 is 9.53 Å². The maximum atomic E-state index is 12.4. The van der Waals surface area contributed by atoms with Gasteiger partial charge in [-0.25, -0.2) is 0 Å². The molecule has 2 fully saturated rings. The van der Waals surface area contributed by atoms with Crippen molar-refractivity contribution in [2.24, 2.45) is 5.92 Å². The fraction of sp³-hybridized carbons (Fsp3) is 0.467. The Morgan fingerprint density at radius 1 is 1.45 bits per heavy atom. The van der Waals surface area contributed by atoms with Crippen LogP contribution in [0.1, 0.15) is 29.0 Å². The molecule has 1 saturated carbocycles. The normalized spacial score (nSPS) is 26.3. The minimum absolute atomic E-state index is 0.0528. The van der Waals surface area contributed by atoms with Crippen molar-refractivity contribution in [3.05, 3.63) is 35.7 Å². The van der Waals surface area contributed by atoms with Gasteiger partial charge in [-0.2, -0.15) is 4.68 Å². The number of benzene rings is 1. The van der Waals surface area contributed by atoms with E-state index in [9.17, 15) is 4.79 Å². The summed E-state index contributed by atoms with van der Waals surface area (Å²) in [6.45, 7) is 2.64. The second kappa shape index (κ2) is 5.17. The Labute approximate surface area is 127 Å². The molecule has 2 aliphatic rings. The lowest BCUT2D eigenvalue weighted by atomic mass is 9.76. The van der Waals surface area contributed by atoms with Crippen molar-refractivity contribution in [1.82, 2.24) is 25.5 Å². The van der Waals surface area contributed by atoms with E-state index in [1.807, 2.05) is 19.1 Å². The van der Waals surface area contributed by atoms with Gasteiger partial charge in [0.15, 0.2) is 5.82 Å². The topological polar surface area (TPSA) is 81.9 Å². The van der Waals surface area contributed by atoms with Crippen LogP contribution >= 0.6 is 0 Å². The van der Waals surface area contributed by atoms with Crippen LogP contribution in [0.5, 0.6) is 0 Å². The first-order valence-electron chi connectivity index (χ1n) is 7.50. The SMILES string of the molecule is Cc1nnnn1-c1cccc(C(=O)N[C@H]2C[C@@H]3OCC[C@H]23)c1. The quantitative estimate of drug-likeness (QED) is 0.909. The first-order valence-corrected chi connectivity index (χ1v) is 7.50. The molecule has 1 saturated heterocycles. The molecule has 4 rings (SSSR count). The third-order valence-corrected chi connectivity index (χ3v) is 4.56. The summed E-state index contributed by atoms with van der Waals surface area (Å²) < 4.78 is 7.19. The average molecular weight is 299 g/mol. The van der Waals surface area contributed by atoms with Gasteiger partial charge in [0, 0.05) is 24.1 Å². The maximum Gasteiger partial charge on any atom is 0.251 e. The fourth-order valence-corrected chi connectivity index (χ4v) is 3.26. The molecule has 0 spiro atoms. The number of hydrogen-bond acceptors (Lipinski definition) is 5. The fourth-order valence-electron chi connectivity index (χ4n) is 3.26. The third kappa shape index (κ3) is 2.18. The molecule has 3 atom stereocenters. The smallest absolute Gasteiger partial charge is 0.251 e. The Morgan fingerprint density at radius 2 is 2.36 bits per heavy atom. The summed E-state index contributed by atoms with van der Waals surface area (Å²) in [6, 6.07) is 7.57. The number of aromatic nitrogens is 4. The van der Waals surface area contributed by atoms with Gasteiger partial charge in [0.25, 0.3) is 5.91 Å². The van der Waals surface area contributed by atoms with E-state index < -0.39 is 0 Å². The molecule has 2 aromatic rings. The Morgan fingerprint density at radius 3 is 3.14 bits per heavy atom. The second-order valence-corrected chi connectivity index (χ2v) is 5.87. The van der Waals surface area contributed by atoms with E-state index in [1.54, 1.807) is 16.8 Å². The van der Waals surface area contributed by atoms with E-state index in [2.05, 4.69) is 20.8 Å². The molecule has 1 N–H and O–H groups in total. The number of aryl methyl sites for hydroxylation is 1. The summed E-state index contributed by atoms with van der Waals surface area (Å²) in [4.78, 5) is 12.4. The molecule has 1 amide bonds. The monoisotopic (exact) mass is 299 g/mol. The molecule has 1 aliphatic carbocycles. The van der Waals surface area contributed by atoms with Gasteiger partial charge in [-0.1, -0.05) is 6.07 Å². The molecular weight excluding hydrogens is 282 g/mol. The average Bonchev–Trinajstić information content (AvgIpc) is 3.10. The van der Waals surface area contributed by atoms with E-state index in [4.69, 9.17) is 4.74 Å². The van der Waals surface area contributed by atoms with E-state index in [0.29, 0.717) is 23.4 Å². The number of rotatable bonds is 3. The minimum atomic E-state index is -0.0528.